The van der Waals surface area contributed by atoms with E-state index >= 15 is 0 Å². The second kappa shape index (κ2) is 6.42. The van der Waals surface area contributed by atoms with Crippen molar-refractivity contribution in [1.29, 1.82) is 0 Å². The van der Waals surface area contributed by atoms with Crippen LogP contribution in [0.25, 0.3) is 0 Å². The molecule has 2 aromatic rings. The lowest BCUT2D eigenvalue weighted by Gasteiger charge is -2.34. The minimum absolute atomic E-state index is 0.0648. The summed E-state index contributed by atoms with van der Waals surface area (Å²) in [5.74, 6) is -0.0461. The van der Waals surface area contributed by atoms with Gasteiger partial charge in [-0.15, -0.1) is 0 Å². The van der Waals surface area contributed by atoms with Crippen LogP contribution in [-0.4, -0.2) is 41.6 Å². The number of carbonyl (C=O) groups is 1. The summed E-state index contributed by atoms with van der Waals surface area (Å²) in [4.78, 5) is 18.8. The second-order valence-electron chi connectivity index (χ2n) is 7.57. The van der Waals surface area contributed by atoms with Crippen LogP contribution in [0.5, 0.6) is 0 Å². The first-order valence-electron chi connectivity index (χ1n) is 9.16. The summed E-state index contributed by atoms with van der Waals surface area (Å²) in [5.41, 5.74) is 0.922. The van der Waals surface area contributed by atoms with E-state index < -0.39 is 15.6 Å². The number of hydrogen-bond donors (Lipinski definition) is 0. The van der Waals surface area contributed by atoms with Crippen LogP contribution in [-0.2, 0) is 26.9 Å². The third-order valence-corrected chi connectivity index (χ3v) is 7.51. The first-order chi connectivity index (χ1) is 12.9. The van der Waals surface area contributed by atoms with Gasteiger partial charge in [0.05, 0.1) is 10.4 Å². The lowest BCUT2D eigenvalue weighted by Crippen LogP contribution is -2.46. The van der Waals surface area contributed by atoms with Gasteiger partial charge in [-0.3, -0.25) is 9.78 Å². The van der Waals surface area contributed by atoms with Crippen molar-refractivity contribution in [1.82, 2.24) is 14.2 Å². The smallest absolute Gasteiger partial charge is 0.244 e. The van der Waals surface area contributed by atoms with Crippen molar-refractivity contribution < 1.29 is 13.2 Å². The number of rotatable bonds is 3. The molecule has 1 spiro atoms. The number of aromatic nitrogens is 1. The number of hydrogen-bond acceptors (Lipinski definition) is 4. The van der Waals surface area contributed by atoms with Gasteiger partial charge in [-0.25, -0.2) is 8.42 Å². The molecule has 1 aromatic heterocycles. The summed E-state index contributed by atoms with van der Waals surface area (Å²) in [6, 6.07) is 10.9. The Kier molecular flexibility index (Phi) is 4.31. The molecule has 0 saturated carbocycles. The van der Waals surface area contributed by atoms with Gasteiger partial charge in [0.25, 0.3) is 0 Å². The Balaban J connectivity index is 1.80. The fourth-order valence-electron chi connectivity index (χ4n) is 4.22. The van der Waals surface area contributed by atoms with Crippen molar-refractivity contribution in [2.24, 2.45) is 5.92 Å². The molecule has 0 radical (unpaired) electrons. The SMILES string of the molecule is CC(C)C(=O)N1CCC2(C1)c1ccccc1S(=O)(=O)N2Cc1cccnc1. The van der Waals surface area contributed by atoms with Crippen LogP contribution in [0.2, 0.25) is 0 Å². The van der Waals surface area contributed by atoms with Crippen LogP contribution in [0.3, 0.4) is 0 Å². The Morgan fingerprint density at radius 3 is 2.70 bits per heavy atom. The van der Waals surface area contributed by atoms with E-state index in [4.69, 9.17) is 0 Å². The largest absolute Gasteiger partial charge is 0.340 e. The minimum Gasteiger partial charge on any atom is -0.340 e. The Morgan fingerprint density at radius 1 is 1.22 bits per heavy atom. The number of fused-ring (bicyclic) bond motifs is 2. The minimum atomic E-state index is -3.64. The van der Waals surface area contributed by atoms with Gasteiger partial charge in [-0.2, -0.15) is 4.31 Å². The van der Waals surface area contributed by atoms with E-state index in [1.54, 1.807) is 39.8 Å². The van der Waals surface area contributed by atoms with E-state index in [0.717, 1.165) is 11.1 Å². The number of likely N-dealkylation sites (tertiary alicyclic amines) is 1. The maximum absolute atomic E-state index is 13.4. The topological polar surface area (TPSA) is 70.6 Å². The van der Waals surface area contributed by atoms with Gasteiger partial charge in [-0.05, 0) is 29.7 Å². The van der Waals surface area contributed by atoms with Crippen molar-refractivity contribution in [2.45, 2.75) is 37.2 Å². The summed E-state index contributed by atoms with van der Waals surface area (Å²) < 4.78 is 28.3. The number of sulfonamides is 1. The molecule has 6 nitrogen and oxygen atoms in total. The Morgan fingerprint density at radius 2 is 2.00 bits per heavy atom. The molecule has 2 aliphatic heterocycles. The van der Waals surface area contributed by atoms with Crippen LogP contribution < -0.4 is 0 Å². The quantitative estimate of drug-likeness (QED) is 0.813. The monoisotopic (exact) mass is 385 g/mol. The first-order valence-corrected chi connectivity index (χ1v) is 10.6. The van der Waals surface area contributed by atoms with E-state index in [2.05, 4.69) is 4.98 Å². The molecule has 0 bridgehead atoms. The number of nitrogens with zero attached hydrogens (tertiary/aromatic N) is 3. The van der Waals surface area contributed by atoms with Crippen LogP contribution in [0.15, 0.2) is 53.7 Å². The maximum Gasteiger partial charge on any atom is 0.244 e. The first kappa shape index (κ1) is 18.1. The Bertz CT molecular complexity index is 975. The summed E-state index contributed by atoms with van der Waals surface area (Å²) in [6.07, 6.45) is 3.96. The summed E-state index contributed by atoms with van der Waals surface area (Å²) in [6.45, 7) is 4.94. The van der Waals surface area contributed by atoms with Crippen molar-refractivity contribution in [3.8, 4) is 0 Å². The predicted octanol–water partition coefficient (Wildman–Crippen LogP) is 2.37. The molecule has 0 aliphatic carbocycles. The number of pyridine rings is 1. The van der Waals surface area contributed by atoms with Crippen LogP contribution in [0.4, 0.5) is 0 Å². The lowest BCUT2D eigenvalue weighted by atomic mass is 9.88. The molecule has 2 aliphatic rings. The van der Waals surface area contributed by atoms with Gasteiger partial charge in [0.1, 0.15) is 0 Å². The average Bonchev–Trinajstić information content (AvgIpc) is 3.18. The Labute approximate surface area is 159 Å². The summed E-state index contributed by atoms with van der Waals surface area (Å²) >= 11 is 0. The molecular weight excluding hydrogens is 362 g/mol. The number of benzene rings is 1. The molecule has 3 heterocycles. The van der Waals surface area contributed by atoms with Crippen molar-refractivity contribution >= 4 is 15.9 Å². The fourth-order valence-corrected chi connectivity index (χ4v) is 6.27. The van der Waals surface area contributed by atoms with E-state index in [9.17, 15) is 13.2 Å². The fraction of sp³-hybridized carbons (Fsp3) is 0.400. The molecule has 1 fully saturated rings. The zero-order valence-corrected chi connectivity index (χ0v) is 16.3. The normalized spacial score (nSPS) is 23.9. The maximum atomic E-state index is 13.4. The zero-order chi connectivity index (χ0) is 19.2. The predicted molar refractivity (Wildman–Crippen MR) is 101 cm³/mol. The third-order valence-electron chi connectivity index (χ3n) is 5.54. The van der Waals surface area contributed by atoms with Gasteiger partial charge < -0.3 is 4.90 Å². The highest BCUT2D eigenvalue weighted by Gasteiger charge is 2.57. The molecule has 27 heavy (non-hydrogen) atoms. The average molecular weight is 385 g/mol. The third kappa shape index (κ3) is 2.76. The van der Waals surface area contributed by atoms with Gasteiger partial charge in [0.15, 0.2) is 0 Å². The summed E-state index contributed by atoms with van der Waals surface area (Å²) in [7, 11) is -3.64. The second-order valence-corrected chi connectivity index (χ2v) is 9.40. The molecule has 0 N–H and O–H groups in total. The molecule has 1 saturated heterocycles. The zero-order valence-electron chi connectivity index (χ0n) is 15.5. The molecule has 142 valence electrons. The number of amides is 1. The van der Waals surface area contributed by atoms with Crippen molar-refractivity contribution in [3.05, 3.63) is 59.9 Å². The van der Waals surface area contributed by atoms with Crippen molar-refractivity contribution in [2.75, 3.05) is 13.1 Å². The molecular formula is C20H23N3O3S. The molecule has 1 aromatic carbocycles. The van der Waals surface area contributed by atoms with Crippen LogP contribution >= 0.6 is 0 Å². The van der Waals surface area contributed by atoms with Gasteiger partial charge in [0.2, 0.25) is 15.9 Å². The van der Waals surface area contributed by atoms with Gasteiger partial charge in [0, 0.05) is 37.9 Å². The van der Waals surface area contributed by atoms with Crippen LogP contribution in [0.1, 0.15) is 31.4 Å². The van der Waals surface area contributed by atoms with E-state index in [1.165, 1.54) is 0 Å². The van der Waals surface area contributed by atoms with E-state index in [1.807, 2.05) is 32.0 Å². The highest BCUT2D eigenvalue weighted by Crippen LogP contribution is 2.50. The molecule has 4 rings (SSSR count). The summed E-state index contributed by atoms with van der Waals surface area (Å²) in [5, 5.41) is 0. The highest BCUT2D eigenvalue weighted by atomic mass is 32.2. The molecule has 1 amide bonds. The van der Waals surface area contributed by atoms with Gasteiger partial charge >= 0.3 is 0 Å². The Hall–Kier alpha value is -2.25. The van der Waals surface area contributed by atoms with Gasteiger partial charge in [-0.1, -0.05) is 38.1 Å². The van der Waals surface area contributed by atoms with E-state index in [-0.39, 0.29) is 18.4 Å². The molecule has 7 heteroatoms. The molecule has 1 atom stereocenters. The van der Waals surface area contributed by atoms with E-state index in [0.29, 0.717) is 24.4 Å². The van der Waals surface area contributed by atoms with Crippen LogP contribution in [0, 0.1) is 5.92 Å². The standard InChI is InChI=1S/C20H23N3O3S/c1-15(2)19(24)22-11-9-20(14-22)17-7-3-4-8-18(17)27(25,26)23(20)13-16-6-5-10-21-12-16/h3-8,10,12,15H,9,11,13-14H2,1-2H3. The van der Waals surface area contributed by atoms with Crippen molar-refractivity contribution in [3.63, 3.8) is 0 Å². The lowest BCUT2D eigenvalue weighted by molar-refractivity contribution is -0.133. The number of carbonyl (C=O) groups excluding carboxylic acids is 1. The highest BCUT2D eigenvalue weighted by molar-refractivity contribution is 7.89. The molecule has 1 unspecified atom stereocenters.